The average Bonchev–Trinajstić information content (AvgIpc) is 3.29. The minimum absolute atomic E-state index is 0.0443. The Morgan fingerprint density at radius 2 is 1.91 bits per heavy atom. The van der Waals surface area contributed by atoms with Crippen molar-refractivity contribution in [2.24, 2.45) is 5.92 Å². The van der Waals surface area contributed by atoms with Crippen LogP contribution in [0, 0.1) is 16.0 Å². The van der Waals surface area contributed by atoms with Crippen LogP contribution in [0.4, 0.5) is 17.7 Å². The van der Waals surface area contributed by atoms with E-state index in [0.717, 1.165) is 42.4 Å². The Morgan fingerprint density at radius 3 is 2.59 bits per heavy atom. The molecule has 0 bridgehead atoms. The molecular formula is C22H26N6O4. The van der Waals surface area contributed by atoms with Gasteiger partial charge in [0.1, 0.15) is 10.7 Å². The summed E-state index contributed by atoms with van der Waals surface area (Å²) in [5.41, 5.74) is 0.906. The number of anilines is 2. The molecule has 3 aromatic rings. The molecule has 1 fully saturated rings. The van der Waals surface area contributed by atoms with Crippen LogP contribution in [0.2, 0.25) is 0 Å². The summed E-state index contributed by atoms with van der Waals surface area (Å²) < 4.78 is 4.95. The predicted octanol–water partition coefficient (Wildman–Crippen LogP) is 3.60. The van der Waals surface area contributed by atoms with Crippen molar-refractivity contribution >= 4 is 34.5 Å². The lowest BCUT2D eigenvalue weighted by atomic mass is 9.86. The fourth-order valence-electron chi connectivity index (χ4n) is 4.03. The van der Waals surface area contributed by atoms with Crippen molar-refractivity contribution in [3.05, 3.63) is 52.3 Å². The first-order valence-electron chi connectivity index (χ1n) is 10.6. The van der Waals surface area contributed by atoms with E-state index in [1.54, 1.807) is 0 Å². The first-order chi connectivity index (χ1) is 15.4. The second kappa shape index (κ2) is 9.21. The molecular weight excluding hydrogens is 412 g/mol. The third-order valence-corrected chi connectivity index (χ3v) is 5.73. The Morgan fingerprint density at radius 1 is 1.16 bits per heavy atom. The summed E-state index contributed by atoms with van der Waals surface area (Å²) in [4.78, 5) is 33.6. The highest BCUT2D eigenvalue weighted by atomic mass is 16.6. The molecule has 0 aliphatic heterocycles. The first kappa shape index (κ1) is 21.5. The van der Waals surface area contributed by atoms with Gasteiger partial charge < -0.3 is 20.0 Å². The minimum Gasteiger partial charge on any atom is -0.395 e. The smallest absolute Gasteiger partial charge is 0.395 e. The monoisotopic (exact) mass is 438 g/mol. The number of rotatable bonds is 7. The molecule has 2 N–H and O–H groups in total. The van der Waals surface area contributed by atoms with Crippen molar-refractivity contribution in [2.45, 2.75) is 31.7 Å². The van der Waals surface area contributed by atoms with E-state index in [2.05, 4.69) is 15.6 Å². The SMILES string of the molecule is CN(C)c1nc(N[C@H]2CC[C@@H](CNC(=O)c3ccc([N+](=O)[O-])o3)CC2)nc2ccccc12. The van der Waals surface area contributed by atoms with Gasteiger partial charge in [-0.2, -0.15) is 4.98 Å². The van der Waals surface area contributed by atoms with Crippen LogP contribution in [0.3, 0.4) is 0 Å². The topological polar surface area (TPSA) is 126 Å². The number of benzene rings is 1. The van der Waals surface area contributed by atoms with E-state index in [1.807, 2.05) is 43.3 Å². The van der Waals surface area contributed by atoms with Crippen molar-refractivity contribution in [2.75, 3.05) is 30.9 Å². The average molecular weight is 438 g/mol. The number of furan rings is 1. The van der Waals surface area contributed by atoms with E-state index >= 15 is 0 Å². The largest absolute Gasteiger partial charge is 0.433 e. The van der Waals surface area contributed by atoms with E-state index in [1.165, 1.54) is 12.1 Å². The number of nitro groups is 1. The third kappa shape index (κ3) is 4.79. The highest BCUT2D eigenvalue weighted by Crippen LogP contribution is 2.28. The standard InChI is InChI=1S/C22H26N6O4/c1-27(2)20-16-5-3-4-6-17(16)25-22(26-20)24-15-9-7-14(8-10-15)13-23-21(29)18-11-12-19(32-18)28(30)31/h3-6,11-12,14-15H,7-10,13H2,1-2H3,(H,23,29)(H,24,25,26)/t14-,15+. The van der Waals surface area contributed by atoms with Crippen LogP contribution >= 0.6 is 0 Å². The van der Waals surface area contributed by atoms with Gasteiger partial charge in [0.15, 0.2) is 5.76 Å². The minimum atomic E-state index is -0.661. The molecule has 0 radical (unpaired) electrons. The zero-order valence-electron chi connectivity index (χ0n) is 18.1. The third-order valence-electron chi connectivity index (χ3n) is 5.73. The summed E-state index contributed by atoms with van der Waals surface area (Å²) in [6.07, 6.45) is 3.79. The number of para-hydroxylation sites is 1. The molecule has 0 spiro atoms. The van der Waals surface area contributed by atoms with Crippen LogP contribution < -0.4 is 15.5 Å². The lowest BCUT2D eigenvalue weighted by Crippen LogP contribution is -2.34. The zero-order chi connectivity index (χ0) is 22.7. The van der Waals surface area contributed by atoms with Gasteiger partial charge in [0.05, 0.1) is 11.6 Å². The maximum absolute atomic E-state index is 12.2. The Kier molecular flexibility index (Phi) is 6.20. The van der Waals surface area contributed by atoms with Crippen LogP contribution in [0.15, 0.2) is 40.8 Å². The summed E-state index contributed by atoms with van der Waals surface area (Å²) >= 11 is 0. The fraction of sp³-hybridized carbons (Fsp3) is 0.409. The van der Waals surface area contributed by atoms with E-state index < -0.39 is 16.7 Å². The molecule has 10 heteroatoms. The summed E-state index contributed by atoms with van der Waals surface area (Å²) in [7, 11) is 3.94. The Balaban J connectivity index is 1.30. The van der Waals surface area contributed by atoms with Crippen molar-refractivity contribution in [1.82, 2.24) is 15.3 Å². The zero-order valence-corrected chi connectivity index (χ0v) is 18.1. The lowest BCUT2D eigenvalue weighted by molar-refractivity contribution is -0.402. The van der Waals surface area contributed by atoms with E-state index in [-0.39, 0.29) is 11.8 Å². The second-order valence-electron chi connectivity index (χ2n) is 8.25. The molecule has 1 aliphatic carbocycles. The normalized spacial score (nSPS) is 18.3. The number of nitrogens with one attached hydrogen (secondary N) is 2. The summed E-state index contributed by atoms with van der Waals surface area (Å²) in [6, 6.07) is 10.7. The number of amides is 1. The number of hydrogen-bond donors (Lipinski definition) is 2. The van der Waals surface area contributed by atoms with Crippen LogP contribution in [-0.4, -0.2) is 47.5 Å². The molecule has 10 nitrogen and oxygen atoms in total. The highest BCUT2D eigenvalue weighted by Gasteiger charge is 2.24. The maximum Gasteiger partial charge on any atom is 0.433 e. The molecule has 0 unspecified atom stereocenters. The summed E-state index contributed by atoms with van der Waals surface area (Å²) in [5, 5.41) is 18.0. The Bertz CT molecular complexity index is 1120. The van der Waals surface area contributed by atoms with Crippen molar-refractivity contribution in [3.8, 4) is 0 Å². The fourth-order valence-corrected chi connectivity index (χ4v) is 4.03. The van der Waals surface area contributed by atoms with Crippen LogP contribution in [-0.2, 0) is 0 Å². The van der Waals surface area contributed by atoms with Gasteiger partial charge in [0, 0.05) is 32.1 Å². The van der Waals surface area contributed by atoms with Gasteiger partial charge >= 0.3 is 5.88 Å². The molecule has 2 heterocycles. The molecule has 0 atom stereocenters. The van der Waals surface area contributed by atoms with E-state index in [0.29, 0.717) is 18.4 Å². The number of carbonyl (C=O) groups is 1. The van der Waals surface area contributed by atoms with Gasteiger partial charge in [0.2, 0.25) is 5.95 Å². The van der Waals surface area contributed by atoms with E-state index in [9.17, 15) is 14.9 Å². The molecule has 1 saturated carbocycles. The molecule has 1 aromatic carbocycles. The van der Waals surface area contributed by atoms with Crippen molar-refractivity contribution < 1.29 is 14.1 Å². The number of nitrogens with zero attached hydrogens (tertiary/aromatic N) is 4. The number of aromatic nitrogens is 2. The number of hydrogen-bond acceptors (Lipinski definition) is 8. The van der Waals surface area contributed by atoms with Gasteiger partial charge in [-0.1, -0.05) is 12.1 Å². The molecule has 168 valence electrons. The van der Waals surface area contributed by atoms with Gasteiger partial charge in [-0.05, 0) is 49.8 Å². The molecule has 1 amide bonds. The molecule has 0 saturated heterocycles. The predicted molar refractivity (Wildman–Crippen MR) is 121 cm³/mol. The van der Waals surface area contributed by atoms with Gasteiger partial charge in [-0.25, -0.2) is 4.98 Å². The molecule has 32 heavy (non-hydrogen) atoms. The number of carbonyl (C=O) groups excluding carboxylic acids is 1. The maximum atomic E-state index is 12.2. The van der Waals surface area contributed by atoms with Crippen LogP contribution in [0.1, 0.15) is 36.2 Å². The van der Waals surface area contributed by atoms with Gasteiger partial charge in [-0.3, -0.25) is 14.9 Å². The summed E-state index contributed by atoms with van der Waals surface area (Å²) in [5.74, 6) is 0.944. The highest BCUT2D eigenvalue weighted by molar-refractivity contribution is 5.91. The molecule has 4 rings (SSSR count). The Labute approximate surface area is 185 Å². The second-order valence-corrected chi connectivity index (χ2v) is 8.25. The van der Waals surface area contributed by atoms with Crippen LogP contribution in [0.5, 0.6) is 0 Å². The Hall–Kier alpha value is -3.69. The molecule has 2 aromatic heterocycles. The van der Waals surface area contributed by atoms with Gasteiger partial charge in [-0.15, -0.1) is 0 Å². The molecule has 1 aliphatic rings. The number of fused-ring (bicyclic) bond motifs is 1. The lowest BCUT2D eigenvalue weighted by Gasteiger charge is -2.29. The summed E-state index contributed by atoms with van der Waals surface area (Å²) in [6.45, 7) is 0.511. The quantitative estimate of drug-likeness (QED) is 0.423. The first-order valence-corrected chi connectivity index (χ1v) is 10.6. The van der Waals surface area contributed by atoms with Gasteiger partial charge in [0.25, 0.3) is 5.91 Å². The van der Waals surface area contributed by atoms with Crippen molar-refractivity contribution in [1.29, 1.82) is 0 Å². The van der Waals surface area contributed by atoms with Crippen molar-refractivity contribution in [3.63, 3.8) is 0 Å². The van der Waals surface area contributed by atoms with Crippen LogP contribution in [0.25, 0.3) is 10.9 Å². The van der Waals surface area contributed by atoms with E-state index in [4.69, 9.17) is 9.40 Å².